The van der Waals surface area contributed by atoms with E-state index in [1.807, 2.05) is 13.8 Å². The quantitative estimate of drug-likeness (QED) is 0.514. The van der Waals surface area contributed by atoms with Crippen LogP contribution in [0.1, 0.15) is 20.8 Å². The first-order valence-electron chi connectivity index (χ1n) is 4.48. The van der Waals surface area contributed by atoms with Gasteiger partial charge < -0.3 is 5.73 Å². The highest BCUT2D eigenvalue weighted by molar-refractivity contribution is 7.89. The van der Waals surface area contributed by atoms with Gasteiger partial charge in [0.05, 0.1) is 11.8 Å². The number of nitrogens with two attached hydrogens (primary N) is 1. The maximum atomic E-state index is 11.7. The Morgan fingerprint density at radius 3 is 2.14 bits per heavy atom. The van der Waals surface area contributed by atoms with Crippen LogP contribution in [0.15, 0.2) is 0 Å². The fraction of sp³-hybridized carbons (Fsp3) is 0.875. The smallest absolute Gasteiger partial charge is 0.214 e. The van der Waals surface area contributed by atoms with Gasteiger partial charge in [-0.2, -0.15) is 4.31 Å². The molecule has 0 bridgehead atoms. The number of likely N-dealkylation sites (N-methyl/N-ethyl adjacent to an activating group) is 1. The van der Waals surface area contributed by atoms with Gasteiger partial charge in [-0.05, 0) is 12.8 Å². The number of hydrogen-bond acceptors (Lipinski definition) is 3. The molecule has 14 heavy (non-hydrogen) atoms. The summed E-state index contributed by atoms with van der Waals surface area (Å²) in [4.78, 5) is 0. The van der Waals surface area contributed by atoms with Gasteiger partial charge in [0, 0.05) is 7.05 Å². The summed E-state index contributed by atoms with van der Waals surface area (Å²) < 4.78 is 24.5. The highest BCUT2D eigenvalue weighted by atomic mass is 32.2. The average molecular weight is 221 g/mol. The van der Waals surface area contributed by atoms with Crippen LogP contribution in [0, 0.1) is 11.3 Å². The lowest BCUT2D eigenvalue weighted by Crippen LogP contribution is -2.44. The fourth-order valence-electron chi connectivity index (χ4n) is 0.976. The summed E-state index contributed by atoms with van der Waals surface area (Å²) >= 11 is 0. The lowest BCUT2D eigenvalue weighted by atomic mass is 10.3. The SMILES string of the molecule is CC(C)CS(=O)(=O)N(C)C(C)C(=N)N. The third-order valence-corrected chi connectivity index (χ3v) is 4.26. The second kappa shape index (κ2) is 4.75. The summed E-state index contributed by atoms with van der Waals surface area (Å²) in [6.07, 6.45) is 0. The van der Waals surface area contributed by atoms with Crippen LogP contribution in [0.3, 0.4) is 0 Å². The summed E-state index contributed by atoms with van der Waals surface area (Å²) in [7, 11) is -1.84. The van der Waals surface area contributed by atoms with Crippen molar-refractivity contribution in [1.82, 2.24) is 4.31 Å². The molecule has 1 unspecified atom stereocenters. The van der Waals surface area contributed by atoms with Crippen molar-refractivity contribution in [2.45, 2.75) is 26.8 Å². The van der Waals surface area contributed by atoms with Gasteiger partial charge in [0.25, 0.3) is 0 Å². The average Bonchev–Trinajstić information content (AvgIpc) is 1.99. The van der Waals surface area contributed by atoms with E-state index in [0.29, 0.717) is 0 Å². The minimum atomic E-state index is -3.29. The molecule has 0 heterocycles. The second-order valence-electron chi connectivity index (χ2n) is 3.82. The van der Waals surface area contributed by atoms with E-state index in [1.165, 1.54) is 7.05 Å². The Balaban J connectivity index is 4.67. The van der Waals surface area contributed by atoms with Crippen LogP contribution in [-0.4, -0.2) is 37.4 Å². The maximum absolute atomic E-state index is 11.7. The largest absolute Gasteiger partial charge is 0.386 e. The number of sulfonamides is 1. The second-order valence-corrected chi connectivity index (χ2v) is 5.89. The molecule has 5 nitrogen and oxygen atoms in total. The minimum absolute atomic E-state index is 0.0709. The number of rotatable bonds is 5. The summed E-state index contributed by atoms with van der Waals surface area (Å²) in [6.45, 7) is 5.27. The summed E-state index contributed by atoms with van der Waals surface area (Å²) in [5.41, 5.74) is 5.24. The van der Waals surface area contributed by atoms with Gasteiger partial charge in [-0.15, -0.1) is 0 Å². The predicted octanol–water partition coefficient (Wildman–Crippen LogP) is 0.228. The van der Waals surface area contributed by atoms with E-state index in [2.05, 4.69) is 0 Å². The molecule has 0 radical (unpaired) electrons. The zero-order valence-corrected chi connectivity index (χ0v) is 9.93. The van der Waals surface area contributed by atoms with Gasteiger partial charge in [0.2, 0.25) is 10.0 Å². The molecular formula is C8H19N3O2S. The van der Waals surface area contributed by atoms with Gasteiger partial charge in [-0.3, -0.25) is 5.41 Å². The molecule has 0 aliphatic heterocycles. The third-order valence-electron chi connectivity index (χ3n) is 1.98. The highest BCUT2D eigenvalue weighted by Crippen LogP contribution is 2.08. The maximum Gasteiger partial charge on any atom is 0.214 e. The molecule has 0 saturated heterocycles. The standard InChI is InChI=1S/C8H19N3O2S/c1-6(2)5-14(12,13)11(4)7(3)8(9)10/h6-7H,5H2,1-4H3,(H3,9,10). The van der Waals surface area contributed by atoms with Crippen molar-refractivity contribution in [3.05, 3.63) is 0 Å². The van der Waals surface area contributed by atoms with Crippen molar-refractivity contribution in [3.63, 3.8) is 0 Å². The van der Waals surface area contributed by atoms with Crippen molar-refractivity contribution in [3.8, 4) is 0 Å². The molecule has 0 aromatic carbocycles. The van der Waals surface area contributed by atoms with Gasteiger partial charge in [-0.25, -0.2) is 8.42 Å². The predicted molar refractivity (Wildman–Crippen MR) is 57.8 cm³/mol. The Morgan fingerprint density at radius 2 is 1.86 bits per heavy atom. The van der Waals surface area contributed by atoms with Crippen molar-refractivity contribution in [2.75, 3.05) is 12.8 Å². The van der Waals surface area contributed by atoms with Gasteiger partial charge >= 0.3 is 0 Å². The van der Waals surface area contributed by atoms with Crippen LogP contribution >= 0.6 is 0 Å². The van der Waals surface area contributed by atoms with Crippen LogP contribution < -0.4 is 5.73 Å². The molecule has 0 aromatic rings. The number of amidine groups is 1. The van der Waals surface area contributed by atoms with E-state index in [-0.39, 0.29) is 17.5 Å². The van der Waals surface area contributed by atoms with E-state index >= 15 is 0 Å². The molecule has 0 amide bonds. The molecule has 0 saturated carbocycles. The van der Waals surface area contributed by atoms with Gasteiger partial charge in [0.15, 0.2) is 0 Å². The summed E-state index contributed by atoms with van der Waals surface area (Å²) in [6, 6.07) is -0.571. The van der Waals surface area contributed by atoms with Crippen LogP contribution in [0.4, 0.5) is 0 Å². The zero-order valence-electron chi connectivity index (χ0n) is 9.11. The molecule has 3 N–H and O–H groups in total. The van der Waals surface area contributed by atoms with Crippen molar-refractivity contribution in [2.24, 2.45) is 11.7 Å². The van der Waals surface area contributed by atoms with Crippen LogP contribution in [0.25, 0.3) is 0 Å². The summed E-state index contributed by atoms with van der Waals surface area (Å²) in [5, 5.41) is 7.16. The normalized spacial score (nSPS) is 14.7. The molecule has 0 aromatic heterocycles. The highest BCUT2D eigenvalue weighted by Gasteiger charge is 2.25. The minimum Gasteiger partial charge on any atom is -0.386 e. The van der Waals surface area contributed by atoms with Crippen molar-refractivity contribution < 1.29 is 8.42 Å². The van der Waals surface area contributed by atoms with Crippen LogP contribution in [0.2, 0.25) is 0 Å². The molecule has 0 aliphatic rings. The van der Waals surface area contributed by atoms with Crippen LogP contribution in [-0.2, 0) is 10.0 Å². The molecule has 0 fully saturated rings. The monoisotopic (exact) mass is 221 g/mol. The lowest BCUT2D eigenvalue weighted by Gasteiger charge is -2.23. The van der Waals surface area contributed by atoms with Crippen molar-refractivity contribution >= 4 is 15.9 Å². The van der Waals surface area contributed by atoms with E-state index in [4.69, 9.17) is 11.1 Å². The fourth-order valence-corrected chi connectivity index (χ4v) is 2.65. The zero-order chi connectivity index (χ0) is 11.5. The molecular weight excluding hydrogens is 202 g/mol. The Morgan fingerprint density at radius 1 is 1.43 bits per heavy atom. The Kier molecular flexibility index (Phi) is 4.54. The molecule has 84 valence electrons. The molecule has 0 spiro atoms. The topological polar surface area (TPSA) is 87.2 Å². The Bertz CT molecular complexity index is 298. The van der Waals surface area contributed by atoms with E-state index in [1.54, 1.807) is 6.92 Å². The van der Waals surface area contributed by atoms with E-state index in [0.717, 1.165) is 4.31 Å². The lowest BCUT2D eigenvalue weighted by molar-refractivity contribution is 0.442. The van der Waals surface area contributed by atoms with E-state index in [9.17, 15) is 8.42 Å². The number of hydrogen-bond donors (Lipinski definition) is 2. The molecule has 1 atom stereocenters. The van der Waals surface area contributed by atoms with Crippen LogP contribution in [0.5, 0.6) is 0 Å². The Hall–Kier alpha value is -0.620. The first-order valence-corrected chi connectivity index (χ1v) is 6.09. The van der Waals surface area contributed by atoms with Crippen molar-refractivity contribution in [1.29, 1.82) is 5.41 Å². The number of nitrogens with one attached hydrogen (secondary N) is 1. The van der Waals surface area contributed by atoms with Gasteiger partial charge in [0.1, 0.15) is 5.84 Å². The number of nitrogens with zero attached hydrogens (tertiary/aromatic N) is 1. The molecule has 6 heteroatoms. The first-order chi connectivity index (χ1) is 6.18. The van der Waals surface area contributed by atoms with E-state index < -0.39 is 16.1 Å². The first kappa shape index (κ1) is 13.4. The summed E-state index contributed by atoms with van der Waals surface area (Å²) in [5.74, 6) is 0.0163. The molecule has 0 aliphatic carbocycles. The van der Waals surface area contributed by atoms with Gasteiger partial charge in [-0.1, -0.05) is 13.8 Å². The Labute approximate surface area is 85.8 Å². The third kappa shape index (κ3) is 3.63. The molecule has 0 rings (SSSR count).